The molecule has 1 aromatic heterocycles. The number of carbonyl (C=O) groups is 1. The second-order valence-electron chi connectivity index (χ2n) is 6.01. The summed E-state index contributed by atoms with van der Waals surface area (Å²) in [6.45, 7) is 2.24. The van der Waals surface area contributed by atoms with Gasteiger partial charge in [-0.3, -0.25) is 14.9 Å². The Morgan fingerprint density at radius 3 is 2.19 bits per heavy atom. The zero-order valence-electron chi connectivity index (χ0n) is 15.1. The van der Waals surface area contributed by atoms with Crippen molar-refractivity contribution in [3.8, 4) is 11.5 Å². The second-order valence-corrected chi connectivity index (χ2v) is 6.01. The van der Waals surface area contributed by atoms with Gasteiger partial charge in [-0.15, -0.1) is 0 Å². The molecule has 2 heterocycles. The minimum absolute atomic E-state index is 0.0421. The molecule has 9 nitrogen and oxygen atoms in total. The Morgan fingerprint density at radius 1 is 1.07 bits per heavy atom. The molecule has 142 valence electrons. The molecule has 0 aliphatic carbocycles. The van der Waals surface area contributed by atoms with Crippen molar-refractivity contribution >= 4 is 17.4 Å². The number of nitro groups is 1. The molecule has 0 N–H and O–H groups in total. The zero-order chi connectivity index (χ0) is 19.4. The molecule has 1 amide bonds. The van der Waals surface area contributed by atoms with E-state index in [4.69, 9.17) is 9.47 Å². The number of piperazine rings is 1. The van der Waals surface area contributed by atoms with Crippen LogP contribution >= 0.6 is 0 Å². The van der Waals surface area contributed by atoms with Gasteiger partial charge in [0, 0.05) is 43.9 Å². The van der Waals surface area contributed by atoms with Crippen molar-refractivity contribution in [2.24, 2.45) is 0 Å². The normalized spacial score (nSPS) is 14.0. The van der Waals surface area contributed by atoms with Gasteiger partial charge in [0.05, 0.1) is 19.1 Å². The first-order valence-electron chi connectivity index (χ1n) is 8.39. The third kappa shape index (κ3) is 4.08. The number of pyridine rings is 1. The summed E-state index contributed by atoms with van der Waals surface area (Å²) in [6, 6.07) is 8.16. The first-order valence-corrected chi connectivity index (χ1v) is 8.39. The van der Waals surface area contributed by atoms with Gasteiger partial charge in [0.15, 0.2) is 0 Å². The molecule has 1 fully saturated rings. The molecule has 3 rings (SSSR count). The molecule has 0 radical (unpaired) electrons. The second kappa shape index (κ2) is 7.90. The van der Waals surface area contributed by atoms with E-state index in [-0.39, 0.29) is 11.6 Å². The maximum absolute atomic E-state index is 12.8. The van der Waals surface area contributed by atoms with E-state index in [0.29, 0.717) is 49.1 Å². The fourth-order valence-corrected chi connectivity index (χ4v) is 2.93. The molecule has 2 aromatic rings. The van der Waals surface area contributed by atoms with E-state index in [1.807, 2.05) is 4.90 Å². The third-order valence-corrected chi connectivity index (χ3v) is 4.43. The fourth-order valence-electron chi connectivity index (χ4n) is 2.93. The summed E-state index contributed by atoms with van der Waals surface area (Å²) in [5.41, 5.74) is 0.465. The summed E-state index contributed by atoms with van der Waals surface area (Å²) in [6.07, 6.45) is 1.25. The SMILES string of the molecule is COc1cc(OC)cc(C(=O)N2CCN(c3ccc([N+](=O)[O-])cn3)CC2)c1. The molecule has 0 unspecified atom stereocenters. The molecular weight excluding hydrogens is 352 g/mol. The number of aromatic nitrogens is 1. The lowest BCUT2D eigenvalue weighted by Crippen LogP contribution is -2.49. The lowest BCUT2D eigenvalue weighted by molar-refractivity contribution is -0.385. The maximum Gasteiger partial charge on any atom is 0.287 e. The van der Waals surface area contributed by atoms with E-state index >= 15 is 0 Å². The number of rotatable bonds is 5. The van der Waals surface area contributed by atoms with Gasteiger partial charge < -0.3 is 19.3 Å². The van der Waals surface area contributed by atoms with E-state index in [9.17, 15) is 14.9 Å². The average molecular weight is 372 g/mol. The quantitative estimate of drug-likeness (QED) is 0.584. The number of ether oxygens (including phenoxy) is 2. The molecule has 0 bridgehead atoms. The van der Waals surface area contributed by atoms with Crippen LogP contribution in [0.2, 0.25) is 0 Å². The van der Waals surface area contributed by atoms with Crippen LogP contribution in [0.15, 0.2) is 36.5 Å². The van der Waals surface area contributed by atoms with Crippen LogP contribution in [0.1, 0.15) is 10.4 Å². The highest BCUT2D eigenvalue weighted by molar-refractivity contribution is 5.95. The van der Waals surface area contributed by atoms with Crippen molar-refractivity contribution in [3.05, 3.63) is 52.2 Å². The summed E-state index contributed by atoms with van der Waals surface area (Å²) in [5.74, 6) is 1.69. The van der Waals surface area contributed by atoms with Gasteiger partial charge in [-0.1, -0.05) is 0 Å². The molecule has 1 aliphatic rings. The van der Waals surface area contributed by atoms with E-state index in [2.05, 4.69) is 4.98 Å². The molecule has 0 saturated carbocycles. The minimum atomic E-state index is -0.476. The highest BCUT2D eigenvalue weighted by Gasteiger charge is 2.24. The van der Waals surface area contributed by atoms with Crippen LogP contribution in [-0.4, -0.2) is 61.1 Å². The zero-order valence-corrected chi connectivity index (χ0v) is 15.1. The van der Waals surface area contributed by atoms with Crippen LogP contribution in [0.3, 0.4) is 0 Å². The van der Waals surface area contributed by atoms with Gasteiger partial charge in [0.25, 0.3) is 11.6 Å². The summed E-state index contributed by atoms with van der Waals surface area (Å²) >= 11 is 0. The number of hydrogen-bond acceptors (Lipinski definition) is 7. The minimum Gasteiger partial charge on any atom is -0.497 e. The number of amides is 1. The Morgan fingerprint density at radius 2 is 1.70 bits per heavy atom. The van der Waals surface area contributed by atoms with Gasteiger partial charge in [0.2, 0.25) is 0 Å². The van der Waals surface area contributed by atoms with Gasteiger partial charge in [-0.25, -0.2) is 4.98 Å². The molecule has 0 atom stereocenters. The third-order valence-electron chi connectivity index (χ3n) is 4.43. The predicted molar refractivity (Wildman–Crippen MR) is 98.6 cm³/mol. The molecule has 0 spiro atoms. The standard InChI is InChI=1S/C18H20N4O5/c1-26-15-9-13(10-16(11-15)27-2)18(23)21-7-5-20(6-8-21)17-4-3-14(12-19-17)22(24)25/h3-4,9-12H,5-8H2,1-2H3. The first kappa shape index (κ1) is 18.4. The van der Waals surface area contributed by atoms with Crippen molar-refractivity contribution in [3.63, 3.8) is 0 Å². The Hall–Kier alpha value is -3.36. The van der Waals surface area contributed by atoms with E-state index < -0.39 is 4.92 Å². The summed E-state index contributed by atoms with van der Waals surface area (Å²) in [4.78, 5) is 31.0. The van der Waals surface area contributed by atoms with Crippen LogP contribution in [-0.2, 0) is 0 Å². The van der Waals surface area contributed by atoms with Gasteiger partial charge >= 0.3 is 0 Å². The van der Waals surface area contributed by atoms with E-state index in [0.717, 1.165) is 0 Å². The molecule has 1 saturated heterocycles. The Bertz CT molecular complexity index is 810. The van der Waals surface area contributed by atoms with Crippen LogP contribution < -0.4 is 14.4 Å². The monoisotopic (exact) mass is 372 g/mol. The van der Waals surface area contributed by atoms with Crippen molar-refractivity contribution in [1.82, 2.24) is 9.88 Å². The smallest absolute Gasteiger partial charge is 0.287 e. The van der Waals surface area contributed by atoms with Crippen molar-refractivity contribution in [2.45, 2.75) is 0 Å². The summed E-state index contributed by atoms with van der Waals surface area (Å²) < 4.78 is 10.4. The fraction of sp³-hybridized carbons (Fsp3) is 0.333. The lowest BCUT2D eigenvalue weighted by atomic mass is 10.1. The molecule has 27 heavy (non-hydrogen) atoms. The Labute approximate surface area is 156 Å². The Balaban J connectivity index is 1.66. The first-order chi connectivity index (χ1) is 13.0. The molecule has 1 aliphatic heterocycles. The topological polar surface area (TPSA) is 98.0 Å². The van der Waals surface area contributed by atoms with Gasteiger partial charge in [-0.2, -0.15) is 0 Å². The number of methoxy groups -OCH3 is 2. The van der Waals surface area contributed by atoms with E-state index in [1.54, 1.807) is 43.4 Å². The van der Waals surface area contributed by atoms with Gasteiger partial charge in [-0.05, 0) is 18.2 Å². The largest absolute Gasteiger partial charge is 0.497 e. The summed E-state index contributed by atoms with van der Waals surface area (Å²) in [5, 5.41) is 10.7. The number of nitrogens with zero attached hydrogens (tertiary/aromatic N) is 4. The van der Waals surface area contributed by atoms with Gasteiger partial charge in [0.1, 0.15) is 23.5 Å². The molecule has 1 aromatic carbocycles. The number of hydrogen-bond donors (Lipinski definition) is 0. The van der Waals surface area contributed by atoms with Crippen LogP contribution in [0.5, 0.6) is 11.5 Å². The number of benzene rings is 1. The summed E-state index contributed by atoms with van der Waals surface area (Å²) in [7, 11) is 3.08. The van der Waals surface area contributed by atoms with Crippen LogP contribution in [0.4, 0.5) is 11.5 Å². The lowest BCUT2D eigenvalue weighted by Gasteiger charge is -2.35. The Kier molecular flexibility index (Phi) is 5.39. The molecular formula is C18H20N4O5. The highest BCUT2D eigenvalue weighted by Crippen LogP contribution is 2.24. The van der Waals surface area contributed by atoms with Crippen molar-refractivity contribution in [1.29, 1.82) is 0 Å². The van der Waals surface area contributed by atoms with Crippen molar-refractivity contribution < 1.29 is 19.2 Å². The van der Waals surface area contributed by atoms with Crippen LogP contribution in [0, 0.1) is 10.1 Å². The average Bonchev–Trinajstić information content (AvgIpc) is 2.73. The maximum atomic E-state index is 12.8. The van der Waals surface area contributed by atoms with Crippen LogP contribution in [0.25, 0.3) is 0 Å². The highest BCUT2D eigenvalue weighted by atomic mass is 16.6. The van der Waals surface area contributed by atoms with E-state index in [1.165, 1.54) is 12.3 Å². The van der Waals surface area contributed by atoms with Crippen molar-refractivity contribution in [2.75, 3.05) is 45.3 Å². The predicted octanol–water partition coefficient (Wildman–Crippen LogP) is 1.97. The number of carbonyl (C=O) groups excluding carboxylic acids is 1. The molecule has 9 heteroatoms. The number of anilines is 1.